The molecule has 6 heteroatoms. The maximum atomic E-state index is 6.11. The third-order valence-electron chi connectivity index (χ3n) is 2.62. The van der Waals surface area contributed by atoms with E-state index in [1.54, 1.807) is 12.5 Å². The van der Waals surface area contributed by atoms with Crippen LogP contribution in [0.4, 0.5) is 0 Å². The summed E-state index contributed by atoms with van der Waals surface area (Å²) < 4.78 is 1.91. The van der Waals surface area contributed by atoms with Crippen LogP contribution in [0.2, 0.25) is 0 Å². The number of hydrogen-bond donors (Lipinski definition) is 1. The summed E-state index contributed by atoms with van der Waals surface area (Å²) in [6, 6.07) is 1.65. The first-order chi connectivity index (χ1) is 8.66. The lowest BCUT2D eigenvalue weighted by Crippen LogP contribution is -2.19. The van der Waals surface area contributed by atoms with E-state index in [2.05, 4.69) is 33.9 Å². The van der Waals surface area contributed by atoms with Gasteiger partial charge in [0.15, 0.2) is 0 Å². The highest BCUT2D eigenvalue weighted by Gasteiger charge is 2.13. The highest BCUT2D eigenvalue weighted by atomic mass is 15.3. The molecule has 0 spiro atoms. The number of aromatic nitrogens is 5. The molecule has 0 aliphatic heterocycles. The van der Waals surface area contributed by atoms with Crippen LogP contribution in [0.5, 0.6) is 0 Å². The fraction of sp³-hybridized carbons (Fsp3) is 0.500. The van der Waals surface area contributed by atoms with E-state index in [0.717, 1.165) is 18.1 Å². The van der Waals surface area contributed by atoms with Gasteiger partial charge < -0.3 is 5.73 Å². The van der Waals surface area contributed by atoms with E-state index in [-0.39, 0.29) is 6.04 Å². The Labute approximate surface area is 106 Å². The van der Waals surface area contributed by atoms with Gasteiger partial charge in [-0.1, -0.05) is 13.8 Å². The van der Waals surface area contributed by atoms with Gasteiger partial charge in [-0.05, 0) is 12.0 Å². The minimum absolute atomic E-state index is 0.178. The molecule has 1 unspecified atom stereocenters. The number of nitrogens with two attached hydrogens (primary N) is 1. The van der Waals surface area contributed by atoms with Crippen molar-refractivity contribution in [1.29, 1.82) is 0 Å². The summed E-state index contributed by atoms with van der Waals surface area (Å²) in [5.41, 5.74) is 6.94. The first-order valence-electron chi connectivity index (χ1n) is 6.05. The first-order valence-corrected chi connectivity index (χ1v) is 6.05. The van der Waals surface area contributed by atoms with E-state index in [9.17, 15) is 0 Å². The number of hydrogen-bond acceptors (Lipinski definition) is 5. The Balaban J connectivity index is 2.08. The zero-order valence-electron chi connectivity index (χ0n) is 10.7. The lowest BCUT2D eigenvalue weighted by molar-refractivity contribution is 0.458. The average Bonchev–Trinajstić information content (AvgIpc) is 2.77. The third kappa shape index (κ3) is 3.10. The van der Waals surface area contributed by atoms with Gasteiger partial charge >= 0.3 is 0 Å². The van der Waals surface area contributed by atoms with E-state index in [4.69, 9.17) is 5.73 Å². The smallest absolute Gasteiger partial charge is 0.138 e. The Morgan fingerprint density at radius 3 is 2.78 bits per heavy atom. The van der Waals surface area contributed by atoms with Gasteiger partial charge in [0.25, 0.3) is 0 Å². The summed E-state index contributed by atoms with van der Waals surface area (Å²) in [7, 11) is 0. The molecular weight excluding hydrogens is 228 g/mol. The van der Waals surface area contributed by atoms with Gasteiger partial charge in [-0.3, -0.25) is 0 Å². The van der Waals surface area contributed by atoms with Gasteiger partial charge in [-0.15, -0.1) is 0 Å². The van der Waals surface area contributed by atoms with E-state index in [1.807, 2.05) is 10.7 Å². The second-order valence-electron chi connectivity index (χ2n) is 4.70. The molecule has 2 N–H and O–H groups in total. The quantitative estimate of drug-likeness (QED) is 0.849. The Kier molecular flexibility index (Phi) is 3.99. The lowest BCUT2D eigenvalue weighted by atomic mass is 10.1. The molecule has 2 heterocycles. The van der Waals surface area contributed by atoms with Gasteiger partial charge in [0.2, 0.25) is 0 Å². The van der Waals surface area contributed by atoms with Crippen molar-refractivity contribution < 1.29 is 0 Å². The second-order valence-corrected chi connectivity index (χ2v) is 4.70. The monoisotopic (exact) mass is 246 g/mol. The topological polar surface area (TPSA) is 82.5 Å². The fourth-order valence-electron chi connectivity index (χ4n) is 1.77. The normalized spacial score (nSPS) is 12.9. The molecule has 0 radical (unpaired) electrons. The molecule has 0 aliphatic rings. The molecule has 6 nitrogen and oxygen atoms in total. The zero-order valence-corrected chi connectivity index (χ0v) is 10.7. The molecule has 0 amide bonds. The lowest BCUT2D eigenvalue weighted by Gasteiger charge is -2.12. The SMILES string of the molecule is CC(C)Cn1ncnc1CC(N)c1ccncn1. The average molecular weight is 246 g/mol. The minimum atomic E-state index is -0.178. The molecule has 2 aromatic rings. The van der Waals surface area contributed by atoms with Gasteiger partial charge in [0, 0.05) is 19.2 Å². The van der Waals surface area contributed by atoms with Crippen molar-refractivity contribution in [2.45, 2.75) is 32.9 Å². The van der Waals surface area contributed by atoms with Crippen LogP contribution in [0, 0.1) is 5.92 Å². The van der Waals surface area contributed by atoms with Crippen molar-refractivity contribution in [3.8, 4) is 0 Å². The molecule has 0 saturated heterocycles. The van der Waals surface area contributed by atoms with Crippen molar-refractivity contribution in [1.82, 2.24) is 24.7 Å². The van der Waals surface area contributed by atoms with Crippen LogP contribution in [0.15, 0.2) is 24.9 Å². The maximum Gasteiger partial charge on any atom is 0.138 e. The predicted molar refractivity (Wildman–Crippen MR) is 67.5 cm³/mol. The molecule has 0 aliphatic carbocycles. The van der Waals surface area contributed by atoms with Gasteiger partial charge in [-0.2, -0.15) is 5.10 Å². The Morgan fingerprint density at radius 2 is 2.11 bits per heavy atom. The van der Waals surface area contributed by atoms with E-state index < -0.39 is 0 Å². The summed E-state index contributed by atoms with van der Waals surface area (Å²) in [5, 5.41) is 4.22. The number of rotatable bonds is 5. The van der Waals surface area contributed by atoms with Crippen LogP contribution in [0.1, 0.15) is 31.4 Å². The Bertz CT molecular complexity index is 478. The molecule has 0 saturated carbocycles. The van der Waals surface area contributed by atoms with E-state index in [1.165, 1.54) is 6.33 Å². The molecule has 2 aromatic heterocycles. The van der Waals surface area contributed by atoms with Crippen molar-refractivity contribution in [2.24, 2.45) is 11.7 Å². The molecular formula is C12H18N6. The Hall–Kier alpha value is -1.82. The second kappa shape index (κ2) is 5.68. The third-order valence-corrected chi connectivity index (χ3v) is 2.62. The van der Waals surface area contributed by atoms with Gasteiger partial charge in [0.05, 0.1) is 11.7 Å². The molecule has 2 rings (SSSR count). The van der Waals surface area contributed by atoms with Crippen molar-refractivity contribution in [3.63, 3.8) is 0 Å². The van der Waals surface area contributed by atoms with Crippen LogP contribution in [-0.2, 0) is 13.0 Å². The molecule has 96 valence electrons. The molecule has 0 bridgehead atoms. The minimum Gasteiger partial charge on any atom is -0.322 e. The fourth-order valence-corrected chi connectivity index (χ4v) is 1.77. The van der Waals surface area contributed by atoms with Crippen LogP contribution in [0.3, 0.4) is 0 Å². The largest absolute Gasteiger partial charge is 0.322 e. The molecule has 0 aromatic carbocycles. The standard InChI is InChI=1S/C12H18N6/c1-9(2)6-18-12(16-8-17-18)5-10(13)11-3-4-14-7-15-11/h3-4,7-10H,5-6,13H2,1-2H3. The van der Waals surface area contributed by atoms with Crippen molar-refractivity contribution in [2.75, 3.05) is 0 Å². The first kappa shape index (κ1) is 12.6. The van der Waals surface area contributed by atoms with Gasteiger partial charge in [-0.25, -0.2) is 19.6 Å². The molecule has 18 heavy (non-hydrogen) atoms. The van der Waals surface area contributed by atoms with E-state index in [0.29, 0.717) is 12.3 Å². The maximum absolute atomic E-state index is 6.11. The summed E-state index contributed by atoms with van der Waals surface area (Å²) in [6.07, 6.45) is 5.41. The van der Waals surface area contributed by atoms with Crippen LogP contribution < -0.4 is 5.73 Å². The summed E-state index contributed by atoms with van der Waals surface area (Å²) in [6.45, 7) is 5.15. The van der Waals surface area contributed by atoms with Crippen LogP contribution in [0.25, 0.3) is 0 Å². The summed E-state index contributed by atoms with van der Waals surface area (Å²) in [5.74, 6) is 1.43. The van der Waals surface area contributed by atoms with Crippen LogP contribution >= 0.6 is 0 Å². The Morgan fingerprint density at radius 1 is 1.28 bits per heavy atom. The van der Waals surface area contributed by atoms with Crippen molar-refractivity contribution in [3.05, 3.63) is 36.4 Å². The van der Waals surface area contributed by atoms with Crippen LogP contribution in [-0.4, -0.2) is 24.7 Å². The summed E-state index contributed by atoms with van der Waals surface area (Å²) in [4.78, 5) is 12.3. The highest BCUT2D eigenvalue weighted by Crippen LogP contribution is 2.12. The zero-order chi connectivity index (χ0) is 13.0. The predicted octanol–water partition coefficient (Wildman–Crippen LogP) is 0.967. The van der Waals surface area contributed by atoms with E-state index >= 15 is 0 Å². The number of nitrogens with zero attached hydrogens (tertiary/aromatic N) is 5. The molecule has 0 fully saturated rings. The highest BCUT2D eigenvalue weighted by molar-refractivity contribution is 5.06. The molecule has 1 atom stereocenters. The summed E-state index contributed by atoms with van der Waals surface area (Å²) >= 11 is 0. The van der Waals surface area contributed by atoms with Gasteiger partial charge in [0.1, 0.15) is 18.5 Å². The van der Waals surface area contributed by atoms with Crippen molar-refractivity contribution >= 4 is 0 Å².